The van der Waals surface area contributed by atoms with Crippen molar-refractivity contribution in [3.05, 3.63) is 23.9 Å². The minimum absolute atomic E-state index is 0.436. The van der Waals surface area contributed by atoms with E-state index in [1.54, 1.807) is 13.1 Å². The van der Waals surface area contributed by atoms with Crippen LogP contribution in [0.4, 0.5) is 0 Å². The lowest BCUT2D eigenvalue weighted by Gasteiger charge is -2.20. The minimum Gasteiger partial charge on any atom is -0.389 e. The van der Waals surface area contributed by atoms with Crippen LogP contribution in [0.1, 0.15) is 31.4 Å². The van der Waals surface area contributed by atoms with Gasteiger partial charge in [-0.25, -0.2) is 4.98 Å². The molecule has 1 aliphatic rings. The van der Waals surface area contributed by atoms with Gasteiger partial charge in [0.2, 0.25) is 0 Å². The number of rotatable bonds is 3. The van der Waals surface area contributed by atoms with Gasteiger partial charge in [0, 0.05) is 24.7 Å². The van der Waals surface area contributed by atoms with Crippen LogP contribution >= 0.6 is 11.8 Å². The first-order chi connectivity index (χ1) is 7.75. The molecule has 1 atom stereocenters. The van der Waals surface area contributed by atoms with E-state index in [4.69, 9.17) is 4.74 Å². The van der Waals surface area contributed by atoms with Gasteiger partial charge in [0.15, 0.2) is 0 Å². The summed E-state index contributed by atoms with van der Waals surface area (Å²) in [7, 11) is 0. The zero-order valence-corrected chi connectivity index (χ0v) is 10.2. The molecule has 0 aromatic carbocycles. The summed E-state index contributed by atoms with van der Waals surface area (Å²) in [5.74, 6) is 0. The van der Waals surface area contributed by atoms with Crippen molar-refractivity contribution in [2.75, 3.05) is 13.2 Å². The summed E-state index contributed by atoms with van der Waals surface area (Å²) in [6, 6.07) is 3.93. The number of aromatic nitrogens is 1. The maximum absolute atomic E-state index is 9.37. The minimum atomic E-state index is -0.436. The lowest BCUT2D eigenvalue weighted by Crippen LogP contribution is -2.17. The van der Waals surface area contributed by atoms with E-state index in [2.05, 4.69) is 4.98 Å². The van der Waals surface area contributed by atoms with Crippen LogP contribution in [-0.4, -0.2) is 28.6 Å². The van der Waals surface area contributed by atoms with Gasteiger partial charge in [-0.05, 0) is 31.4 Å². The van der Waals surface area contributed by atoms with E-state index in [0.717, 1.165) is 36.6 Å². The smallest absolute Gasteiger partial charge is 0.0962 e. The number of hydrogen-bond donors (Lipinski definition) is 1. The third kappa shape index (κ3) is 3.20. The Balaban J connectivity index is 1.93. The van der Waals surface area contributed by atoms with Crippen LogP contribution in [0.25, 0.3) is 0 Å². The number of nitrogens with zero attached hydrogens (tertiary/aromatic N) is 1. The van der Waals surface area contributed by atoms with Crippen molar-refractivity contribution >= 4 is 11.8 Å². The lowest BCUT2D eigenvalue weighted by molar-refractivity contribution is 0.1000. The molecule has 0 saturated carbocycles. The zero-order chi connectivity index (χ0) is 11.4. The van der Waals surface area contributed by atoms with Gasteiger partial charge in [0.05, 0.1) is 11.1 Å². The van der Waals surface area contributed by atoms with Crippen molar-refractivity contribution in [1.29, 1.82) is 0 Å². The molecule has 1 saturated heterocycles. The van der Waals surface area contributed by atoms with Gasteiger partial charge in [-0.1, -0.05) is 6.07 Å². The fourth-order valence-corrected chi connectivity index (χ4v) is 2.70. The average Bonchev–Trinajstić information content (AvgIpc) is 2.31. The number of ether oxygens (including phenoxy) is 1. The SMILES string of the molecule is CC(O)c1ccc(SC2CCOCC2)nc1. The summed E-state index contributed by atoms with van der Waals surface area (Å²) in [5, 5.41) is 11.0. The Hall–Kier alpha value is -0.580. The first-order valence-corrected chi connectivity index (χ1v) is 6.52. The second kappa shape index (κ2) is 5.66. The van der Waals surface area contributed by atoms with Crippen molar-refractivity contribution in [1.82, 2.24) is 4.98 Å². The maximum Gasteiger partial charge on any atom is 0.0962 e. The number of thioether (sulfide) groups is 1. The Morgan fingerprint density at radius 3 is 2.75 bits per heavy atom. The molecule has 0 aliphatic carbocycles. The molecule has 0 radical (unpaired) electrons. The van der Waals surface area contributed by atoms with Gasteiger partial charge in [-0.15, -0.1) is 11.8 Å². The molecule has 1 aromatic rings. The van der Waals surface area contributed by atoms with Crippen LogP contribution < -0.4 is 0 Å². The van der Waals surface area contributed by atoms with Gasteiger partial charge >= 0.3 is 0 Å². The van der Waals surface area contributed by atoms with Crippen LogP contribution in [0.3, 0.4) is 0 Å². The van der Waals surface area contributed by atoms with E-state index in [1.807, 2.05) is 23.9 Å². The van der Waals surface area contributed by atoms with Crippen molar-refractivity contribution in [3.8, 4) is 0 Å². The summed E-state index contributed by atoms with van der Waals surface area (Å²) in [4.78, 5) is 4.36. The zero-order valence-electron chi connectivity index (χ0n) is 9.43. The summed E-state index contributed by atoms with van der Waals surface area (Å²) < 4.78 is 5.32. The van der Waals surface area contributed by atoms with Gasteiger partial charge in [0.25, 0.3) is 0 Å². The molecule has 2 rings (SSSR count). The van der Waals surface area contributed by atoms with E-state index in [1.165, 1.54) is 0 Å². The van der Waals surface area contributed by atoms with Crippen molar-refractivity contribution in [3.63, 3.8) is 0 Å². The Morgan fingerprint density at radius 2 is 2.19 bits per heavy atom. The Morgan fingerprint density at radius 1 is 1.44 bits per heavy atom. The van der Waals surface area contributed by atoms with E-state index >= 15 is 0 Å². The highest BCUT2D eigenvalue weighted by atomic mass is 32.2. The normalized spacial score (nSPS) is 19.6. The molecule has 16 heavy (non-hydrogen) atoms. The largest absolute Gasteiger partial charge is 0.389 e. The van der Waals surface area contributed by atoms with Gasteiger partial charge in [0.1, 0.15) is 0 Å². The molecule has 1 aromatic heterocycles. The quantitative estimate of drug-likeness (QED) is 0.879. The summed E-state index contributed by atoms with van der Waals surface area (Å²) >= 11 is 1.81. The first kappa shape index (κ1) is 11.9. The van der Waals surface area contributed by atoms with Crippen molar-refractivity contribution in [2.45, 2.75) is 36.1 Å². The fourth-order valence-electron chi connectivity index (χ4n) is 1.67. The van der Waals surface area contributed by atoms with Crippen LogP contribution in [0.15, 0.2) is 23.4 Å². The van der Waals surface area contributed by atoms with E-state index < -0.39 is 6.10 Å². The monoisotopic (exact) mass is 239 g/mol. The molecule has 1 aliphatic heterocycles. The highest BCUT2D eigenvalue weighted by Crippen LogP contribution is 2.28. The third-order valence-corrected chi connectivity index (χ3v) is 3.99. The molecular weight excluding hydrogens is 222 g/mol. The van der Waals surface area contributed by atoms with Crippen molar-refractivity contribution in [2.24, 2.45) is 0 Å². The van der Waals surface area contributed by atoms with Crippen LogP contribution in [-0.2, 0) is 4.74 Å². The molecule has 0 amide bonds. The van der Waals surface area contributed by atoms with Crippen LogP contribution in [0.2, 0.25) is 0 Å². The Labute approximate surface area is 100 Å². The molecular formula is C12H17NO2S. The summed E-state index contributed by atoms with van der Waals surface area (Å²) in [6.07, 6.45) is 3.52. The predicted octanol–water partition coefficient (Wildman–Crippen LogP) is 2.41. The first-order valence-electron chi connectivity index (χ1n) is 5.64. The number of pyridine rings is 1. The Bertz CT molecular complexity index is 320. The topological polar surface area (TPSA) is 42.4 Å². The molecule has 3 nitrogen and oxygen atoms in total. The molecule has 88 valence electrons. The Kier molecular flexibility index (Phi) is 4.21. The third-order valence-electron chi connectivity index (χ3n) is 2.70. The van der Waals surface area contributed by atoms with Gasteiger partial charge in [-0.3, -0.25) is 0 Å². The second-order valence-electron chi connectivity index (χ2n) is 4.04. The van der Waals surface area contributed by atoms with Crippen LogP contribution in [0, 0.1) is 0 Å². The lowest BCUT2D eigenvalue weighted by atomic mass is 10.2. The van der Waals surface area contributed by atoms with Gasteiger partial charge < -0.3 is 9.84 Å². The van der Waals surface area contributed by atoms with E-state index in [-0.39, 0.29) is 0 Å². The highest BCUT2D eigenvalue weighted by Gasteiger charge is 2.15. The number of aliphatic hydroxyl groups is 1. The van der Waals surface area contributed by atoms with Crippen LogP contribution in [0.5, 0.6) is 0 Å². The van der Waals surface area contributed by atoms with E-state index in [0.29, 0.717) is 5.25 Å². The fraction of sp³-hybridized carbons (Fsp3) is 0.583. The molecule has 0 spiro atoms. The summed E-state index contributed by atoms with van der Waals surface area (Å²) in [6.45, 7) is 3.48. The maximum atomic E-state index is 9.37. The molecule has 4 heteroatoms. The van der Waals surface area contributed by atoms with Crippen molar-refractivity contribution < 1.29 is 9.84 Å². The predicted molar refractivity (Wildman–Crippen MR) is 64.6 cm³/mol. The average molecular weight is 239 g/mol. The molecule has 1 fully saturated rings. The molecule has 2 heterocycles. The molecule has 1 unspecified atom stereocenters. The molecule has 1 N–H and O–H groups in total. The highest BCUT2D eigenvalue weighted by molar-refractivity contribution is 7.99. The second-order valence-corrected chi connectivity index (χ2v) is 5.36. The number of aliphatic hydroxyl groups excluding tert-OH is 1. The van der Waals surface area contributed by atoms with E-state index in [9.17, 15) is 5.11 Å². The van der Waals surface area contributed by atoms with Gasteiger partial charge in [-0.2, -0.15) is 0 Å². The summed E-state index contributed by atoms with van der Waals surface area (Å²) in [5.41, 5.74) is 0.872. The standard InChI is InChI=1S/C12H17NO2S/c1-9(14)10-2-3-12(13-8-10)16-11-4-6-15-7-5-11/h2-3,8-9,11,14H,4-7H2,1H3. The molecule has 0 bridgehead atoms. The number of hydrogen-bond acceptors (Lipinski definition) is 4.